The van der Waals surface area contributed by atoms with Crippen LogP contribution in [0.1, 0.15) is 44.9 Å². The molecule has 0 spiro atoms. The van der Waals surface area contributed by atoms with E-state index in [-0.39, 0.29) is 18.0 Å². The number of ether oxygens (including phenoxy) is 2. The molecule has 3 amide bonds. The first-order valence-corrected chi connectivity index (χ1v) is 9.18. The van der Waals surface area contributed by atoms with E-state index in [4.69, 9.17) is 9.47 Å². The van der Waals surface area contributed by atoms with Crippen molar-refractivity contribution in [2.24, 2.45) is 0 Å². The lowest BCUT2D eigenvalue weighted by molar-refractivity contribution is -0.116. The van der Waals surface area contributed by atoms with E-state index in [9.17, 15) is 9.59 Å². The van der Waals surface area contributed by atoms with Crippen LogP contribution >= 0.6 is 0 Å². The molecule has 144 valence electrons. The van der Waals surface area contributed by atoms with Gasteiger partial charge in [-0.05, 0) is 31.4 Å². The van der Waals surface area contributed by atoms with Crippen LogP contribution in [0.2, 0.25) is 0 Å². The van der Waals surface area contributed by atoms with Crippen molar-refractivity contribution < 1.29 is 19.1 Å². The standard InChI is InChI=1S/C19H29N3O4/c1-25-15-10-11-16(17(13-15)26-2)22-18(23)9-6-12-20-19(24)21-14-7-4-3-5-8-14/h10-11,13-14H,3-9,12H2,1-2H3,(H,22,23)(H2,20,21,24). The smallest absolute Gasteiger partial charge is 0.315 e. The van der Waals surface area contributed by atoms with E-state index in [0.29, 0.717) is 36.6 Å². The summed E-state index contributed by atoms with van der Waals surface area (Å²) in [5.74, 6) is 1.08. The van der Waals surface area contributed by atoms with Gasteiger partial charge in [-0.25, -0.2) is 4.79 Å². The van der Waals surface area contributed by atoms with E-state index >= 15 is 0 Å². The Morgan fingerprint density at radius 2 is 1.88 bits per heavy atom. The monoisotopic (exact) mass is 363 g/mol. The number of carbonyl (C=O) groups excluding carboxylic acids is 2. The molecule has 3 N–H and O–H groups in total. The van der Waals surface area contributed by atoms with E-state index in [0.717, 1.165) is 12.8 Å². The Balaban J connectivity index is 1.66. The molecule has 0 aromatic heterocycles. The van der Waals surface area contributed by atoms with Gasteiger partial charge < -0.3 is 25.4 Å². The van der Waals surface area contributed by atoms with Crippen molar-refractivity contribution >= 4 is 17.6 Å². The lowest BCUT2D eigenvalue weighted by atomic mass is 9.96. The summed E-state index contributed by atoms with van der Waals surface area (Å²) in [6.45, 7) is 0.464. The zero-order chi connectivity index (χ0) is 18.8. The zero-order valence-electron chi connectivity index (χ0n) is 15.6. The second-order valence-electron chi connectivity index (χ2n) is 6.45. The third kappa shape index (κ3) is 6.46. The van der Waals surface area contributed by atoms with Crippen LogP contribution in [-0.4, -0.2) is 38.7 Å². The second-order valence-corrected chi connectivity index (χ2v) is 6.45. The van der Waals surface area contributed by atoms with E-state index in [2.05, 4.69) is 16.0 Å². The molecular weight excluding hydrogens is 334 g/mol. The quantitative estimate of drug-likeness (QED) is 0.619. The molecule has 0 aliphatic heterocycles. The topological polar surface area (TPSA) is 88.7 Å². The Morgan fingerprint density at radius 3 is 2.58 bits per heavy atom. The Bertz CT molecular complexity index is 600. The van der Waals surface area contributed by atoms with Crippen molar-refractivity contribution in [1.82, 2.24) is 10.6 Å². The van der Waals surface area contributed by atoms with Gasteiger partial charge in [0.1, 0.15) is 11.5 Å². The average Bonchev–Trinajstić information content (AvgIpc) is 2.66. The molecular formula is C19H29N3O4. The molecule has 0 saturated heterocycles. The molecule has 2 rings (SSSR count). The summed E-state index contributed by atoms with van der Waals surface area (Å²) in [4.78, 5) is 23.9. The Morgan fingerprint density at radius 1 is 1.12 bits per heavy atom. The summed E-state index contributed by atoms with van der Waals surface area (Å²) in [5.41, 5.74) is 0.598. The van der Waals surface area contributed by atoms with Crippen LogP contribution in [0, 0.1) is 0 Å². The SMILES string of the molecule is COc1ccc(NC(=O)CCCNC(=O)NC2CCCCC2)c(OC)c1. The van der Waals surface area contributed by atoms with E-state index in [1.54, 1.807) is 32.4 Å². The highest BCUT2D eigenvalue weighted by molar-refractivity contribution is 5.92. The highest BCUT2D eigenvalue weighted by Crippen LogP contribution is 2.29. The normalized spacial score (nSPS) is 14.4. The fourth-order valence-electron chi connectivity index (χ4n) is 3.05. The number of rotatable bonds is 8. The zero-order valence-corrected chi connectivity index (χ0v) is 15.6. The first kappa shape index (κ1) is 19.9. The van der Waals surface area contributed by atoms with Gasteiger partial charge in [0, 0.05) is 25.1 Å². The number of urea groups is 1. The van der Waals surface area contributed by atoms with E-state index in [1.807, 2.05) is 0 Å². The molecule has 1 aliphatic rings. The van der Waals surface area contributed by atoms with Gasteiger partial charge in [-0.1, -0.05) is 19.3 Å². The summed E-state index contributed by atoms with van der Waals surface area (Å²) >= 11 is 0. The molecule has 1 fully saturated rings. The largest absolute Gasteiger partial charge is 0.497 e. The van der Waals surface area contributed by atoms with Crippen LogP contribution in [0.25, 0.3) is 0 Å². The van der Waals surface area contributed by atoms with Gasteiger partial charge in [-0.3, -0.25) is 4.79 Å². The highest BCUT2D eigenvalue weighted by atomic mass is 16.5. The molecule has 26 heavy (non-hydrogen) atoms. The fraction of sp³-hybridized carbons (Fsp3) is 0.579. The fourth-order valence-corrected chi connectivity index (χ4v) is 3.05. The van der Waals surface area contributed by atoms with Crippen LogP contribution in [-0.2, 0) is 4.79 Å². The van der Waals surface area contributed by atoms with Gasteiger partial charge in [0.2, 0.25) is 5.91 Å². The highest BCUT2D eigenvalue weighted by Gasteiger charge is 2.15. The number of hydrogen-bond donors (Lipinski definition) is 3. The van der Waals surface area contributed by atoms with Gasteiger partial charge in [-0.2, -0.15) is 0 Å². The van der Waals surface area contributed by atoms with Crippen molar-refractivity contribution in [1.29, 1.82) is 0 Å². The van der Waals surface area contributed by atoms with Crippen molar-refractivity contribution in [2.45, 2.75) is 51.0 Å². The van der Waals surface area contributed by atoms with Crippen molar-refractivity contribution in [3.8, 4) is 11.5 Å². The minimum Gasteiger partial charge on any atom is -0.497 e. The molecule has 0 heterocycles. The second kappa shape index (κ2) is 10.5. The Kier molecular flexibility index (Phi) is 8.05. The first-order valence-electron chi connectivity index (χ1n) is 9.18. The van der Waals surface area contributed by atoms with Gasteiger partial charge in [0.25, 0.3) is 0 Å². The summed E-state index contributed by atoms with van der Waals surface area (Å²) in [5, 5.41) is 8.63. The van der Waals surface area contributed by atoms with Gasteiger partial charge in [0.05, 0.1) is 19.9 Å². The minimum atomic E-state index is -0.144. The lowest BCUT2D eigenvalue weighted by Crippen LogP contribution is -2.43. The predicted octanol–water partition coefficient (Wildman–Crippen LogP) is 3.05. The Labute approximate surface area is 154 Å². The van der Waals surface area contributed by atoms with Crippen molar-refractivity contribution in [3.05, 3.63) is 18.2 Å². The van der Waals surface area contributed by atoms with Crippen LogP contribution in [0.3, 0.4) is 0 Å². The molecule has 7 nitrogen and oxygen atoms in total. The molecule has 7 heteroatoms. The van der Waals surface area contributed by atoms with Crippen molar-refractivity contribution in [2.75, 3.05) is 26.1 Å². The van der Waals surface area contributed by atoms with Crippen molar-refractivity contribution in [3.63, 3.8) is 0 Å². The number of methoxy groups -OCH3 is 2. The Hall–Kier alpha value is -2.44. The van der Waals surface area contributed by atoms with Gasteiger partial charge in [-0.15, -0.1) is 0 Å². The number of hydrogen-bond acceptors (Lipinski definition) is 4. The minimum absolute atomic E-state index is 0.122. The molecule has 1 saturated carbocycles. The van der Waals surface area contributed by atoms with E-state index in [1.165, 1.54) is 19.3 Å². The van der Waals surface area contributed by atoms with Gasteiger partial charge >= 0.3 is 6.03 Å². The molecule has 0 bridgehead atoms. The van der Waals surface area contributed by atoms with Crippen LogP contribution in [0.5, 0.6) is 11.5 Å². The molecule has 1 aromatic carbocycles. The lowest BCUT2D eigenvalue weighted by Gasteiger charge is -2.22. The molecule has 0 unspecified atom stereocenters. The van der Waals surface area contributed by atoms with Crippen LogP contribution in [0.15, 0.2) is 18.2 Å². The number of anilines is 1. The number of nitrogens with one attached hydrogen (secondary N) is 3. The molecule has 1 aliphatic carbocycles. The number of benzene rings is 1. The maximum absolute atomic E-state index is 12.1. The summed E-state index contributed by atoms with van der Waals surface area (Å²) in [7, 11) is 3.11. The predicted molar refractivity (Wildman–Crippen MR) is 101 cm³/mol. The third-order valence-corrected chi connectivity index (χ3v) is 4.49. The molecule has 1 aromatic rings. The summed E-state index contributed by atoms with van der Waals surface area (Å²) < 4.78 is 10.4. The summed E-state index contributed by atoms with van der Waals surface area (Å²) in [6, 6.07) is 5.36. The third-order valence-electron chi connectivity index (χ3n) is 4.49. The first-order chi connectivity index (χ1) is 12.6. The number of amides is 3. The molecule has 0 atom stereocenters. The maximum atomic E-state index is 12.1. The van der Waals surface area contributed by atoms with Gasteiger partial charge in [0.15, 0.2) is 0 Å². The van der Waals surface area contributed by atoms with Crippen LogP contribution < -0.4 is 25.4 Å². The summed E-state index contributed by atoms with van der Waals surface area (Å²) in [6.07, 6.45) is 6.62. The maximum Gasteiger partial charge on any atom is 0.315 e. The molecule has 0 radical (unpaired) electrons. The average molecular weight is 363 g/mol. The van der Waals surface area contributed by atoms with Crippen LogP contribution in [0.4, 0.5) is 10.5 Å². The van der Waals surface area contributed by atoms with E-state index < -0.39 is 0 Å². The number of carbonyl (C=O) groups is 2.